The van der Waals surface area contributed by atoms with Gasteiger partial charge in [-0.05, 0) is 41.1 Å². The lowest BCUT2D eigenvalue weighted by molar-refractivity contribution is -0.139. The molecule has 0 radical (unpaired) electrons. The predicted molar refractivity (Wildman–Crippen MR) is 98.6 cm³/mol. The van der Waals surface area contributed by atoms with Crippen LogP contribution in [0.4, 0.5) is 0 Å². The van der Waals surface area contributed by atoms with Gasteiger partial charge >= 0.3 is 5.97 Å². The summed E-state index contributed by atoms with van der Waals surface area (Å²) in [5.74, 6) is -1.17. The molecule has 3 aromatic carbocycles. The molecule has 0 saturated carbocycles. The van der Waals surface area contributed by atoms with E-state index in [4.69, 9.17) is 9.84 Å². The molecule has 0 fully saturated rings. The Bertz CT molecular complexity index is 1000. The summed E-state index contributed by atoms with van der Waals surface area (Å²) in [6, 6.07) is 17.3. The molecule has 0 aliphatic heterocycles. The molecule has 5 heteroatoms. The molecule has 26 heavy (non-hydrogen) atoms. The standard InChI is InChI=1S/C21H16O5/c22-18-8-4-3-7-17(18)19(23)11-10-16-15-6-2-1-5-14(15)9-12-20(16)26-13-21(24)25/h1-12,22H,13H2,(H,24,25). The van der Waals surface area contributed by atoms with Crippen molar-refractivity contribution in [3.05, 3.63) is 77.9 Å². The quantitative estimate of drug-likeness (QED) is 0.521. The SMILES string of the molecule is O=C(O)COc1ccc2ccccc2c1C=CC(=O)c1ccccc1O. The van der Waals surface area contributed by atoms with Gasteiger partial charge in [-0.2, -0.15) is 0 Å². The molecule has 0 saturated heterocycles. The molecule has 130 valence electrons. The van der Waals surface area contributed by atoms with E-state index in [9.17, 15) is 14.7 Å². The van der Waals surface area contributed by atoms with Crippen molar-refractivity contribution in [3.8, 4) is 11.5 Å². The fraction of sp³-hybridized carbons (Fsp3) is 0.0476. The van der Waals surface area contributed by atoms with Gasteiger partial charge in [0.2, 0.25) is 0 Å². The van der Waals surface area contributed by atoms with Gasteiger partial charge in [0, 0.05) is 5.56 Å². The first-order valence-electron chi connectivity index (χ1n) is 7.93. The molecule has 0 unspecified atom stereocenters. The molecule has 0 amide bonds. The van der Waals surface area contributed by atoms with Gasteiger partial charge in [-0.15, -0.1) is 0 Å². The van der Waals surface area contributed by atoms with Crippen LogP contribution < -0.4 is 4.74 Å². The maximum atomic E-state index is 12.4. The highest BCUT2D eigenvalue weighted by Crippen LogP contribution is 2.30. The number of aliphatic carboxylic acids is 1. The Kier molecular flexibility index (Phi) is 4.99. The summed E-state index contributed by atoms with van der Waals surface area (Å²) in [4.78, 5) is 23.2. The topological polar surface area (TPSA) is 83.8 Å². The summed E-state index contributed by atoms with van der Waals surface area (Å²) in [6.45, 7) is -0.480. The lowest BCUT2D eigenvalue weighted by atomic mass is 10.0. The molecule has 0 bridgehead atoms. The zero-order valence-electron chi connectivity index (χ0n) is 13.8. The number of carboxylic acids is 1. The monoisotopic (exact) mass is 348 g/mol. The van der Waals surface area contributed by atoms with Crippen molar-refractivity contribution in [2.75, 3.05) is 6.61 Å². The first-order valence-corrected chi connectivity index (χ1v) is 7.93. The zero-order valence-corrected chi connectivity index (χ0v) is 13.8. The van der Waals surface area contributed by atoms with Crippen molar-refractivity contribution in [1.82, 2.24) is 0 Å². The smallest absolute Gasteiger partial charge is 0.341 e. The maximum absolute atomic E-state index is 12.4. The van der Waals surface area contributed by atoms with Crippen LogP contribution in [0.5, 0.6) is 11.5 Å². The number of ketones is 1. The number of carbonyl (C=O) groups is 2. The summed E-state index contributed by atoms with van der Waals surface area (Å²) in [5.41, 5.74) is 0.796. The molecular weight excluding hydrogens is 332 g/mol. The molecule has 0 aromatic heterocycles. The first kappa shape index (κ1) is 17.2. The van der Waals surface area contributed by atoms with Gasteiger partial charge in [0.25, 0.3) is 0 Å². The molecule has 0 aliphatic rings. The van der Waals surface area contributed by atoms with Crippen molar-refractivity contribution >= 4 is 28.6 Å². The van der Waals surface area contributed by atoms with Gasteiger partial charge < -0.3 is 14.9 Å². The third-order valence-electron chi connectivity index (χ3n) is 3.85. The van der Waals surface area contributed by atoms with Crippen molar-refractivity contribution < 1.29 is 24.5 Å². The summed E-state index contributed by atoms with van der Waals surface area (Å²) in [6.07, 6.45) is 2.92. The van der Waals surface area contributed by atoms with Crippen molar-refractivity contribution in [3.63, 3.8) is 0 Å². The van der Waals surface area contributed by atoms with Gasteiger partial charge in [0.1, 0.15) is 11.5 Å². The van der Waals surface area contributed by atoms with Gasteiger partial charge in [-0.1, -0.05) is 42.5 Å². The second-order valence-corrected chi connectivity index (χ2v) is 5.60. The number of allylic oxidation sites excluding steroid dienone is 1. The number of hydrogen-bond acceptors (Lipinski definition) is 4. The van der Waals surface area contributed by atoms with Crippen molar-refractivity contribution in [2.45, 2.75) is 0 Å². The lowest BCUT2D eigenvalue weighted by Crippen LogP contribution is -2.10. The van der Waals surface area contributed by atoms with E-state index in [-0.39, 0.29) is 17.1 Å². The number of carboxylic acid groups (broad SMARTS) is 1. The van der Waals surface area contributed by atoms with Crippen LogP contribution in [-0.2, 0) is 4.79 Å². The number of phenols is 1. The van der Waals surface area contributed by atoms with Crippen molar-refractivity contribution in [2.24, 2.45) is 0 Å². The largest absolute Gasteiger partial charge is 0.507 e. The van der Waals surface area contributed by atoms with E-state index in [2.05, 4.69) is 0 Å². The number of hydrogen-bond donors (Lipinski definition) is 2. The van der Waals surface area contributed by atoms with E-state index in [1.807, 2.05) is 30.3 Å². The molecule has 0 aliphatic carbocycles. The van der Waals surface area contributed by atoms with E-state index in [1.165, 1.54) is 18.2 Å². The Balaban J connectivity index is 2.01. The van der Waals surface area contributed by atoms with Crippen LogP contribution in [0, 0.1) is 0 Å². The molecule has 5 nitrogen and oxygen atoms in total. The van der Waals surface area contributed by atoms with Crippen LogP contribution in [0.1, 0.15) is 15.9 Å². The molecule has 3 rings (SSSR count). The predicted octanol–water partition coefficient (Wildman–Crippen LogP) is 3.90. The van der Waals surface area contributed by atoms with Crippen molar-refractivity contribution in [1.29, 1.82) is 0 Å². The molecule has 0 spiro atoms. The fourth-order valence-electron chi connectivity index (χ4n) is 2.64. The highest BCUT2D eigenvalue weighted by molar-refractivity contribution is 6.09. The minimum atomic E-state index is -1.08. The van der Waals surface area contributed by atoms with Crippen LogP contribution in [0.25, 0.3) is 16.8 Å². The summed E-state index contributed by atoms with van der Waals surface area (Å²) in [5, 5.41) is 20.4. The van der Waals surface area contributed by atoms with Gasteiger partial charge in [0.15, 0.2) is 12.4 Å². The van der Waals surface area contributed by atoms with Gasteiger partial charge in [-0.3, -0.25) is 4.79 Å². The number of para-hydroxylation sites is 1. The van der Waals surface area contributed by atoms with Crippen LogP contribution >= 0.6 is 0 Å². The van der Waals surface area contributed by atoms with Gasteiger partial charge in [-0.25, -0.2) is 4.79 Å². The first-order chi connectivity index (χ1) is 12.6. The number of benzene rings is 3. The Hall–Kier alpha value is -3.60. The lowest BCUT2D eigenvalue weighted by Gasteiger charge is -2.10. The average molecular weight is 348 g/mol. The van der Waals surface area contributed by atoms with E-state index >= 15 is 0 Å². The van der Waals surface area contributed by atoms with Gasteiger partial charge in [0.05, 0.1) is 5.56 Å². The summed E-state index contributed by atoms with van der Waals surface area (Å²) >= 11 is 0. The van der Waals surface area contributed by atoms with E-state index in [1.54, 1.807) is 24.3 Å². The third kappa shape index (κ3) is 3.72. The van der Waals surface area contributed by atoms with Crippen LogP contribution in [0.15, 0.2) is 66.7 Å². The van der Waals surface area contributed by atoms with Crippen LogP contribution in [0.3, 0.4) is 0 Å². The highest BCUT2D eigenvalue weighted by atomic mass is 16.5. The average Bonchev–Trinajstić information content (AvgIpc) is 2.64. The Morgan fingerprint density at radius 2 is 1.69 bits per heavy atom. The minimum Gasteiger partial charge on any atom is -0.507 e. The van der Waals surface area contributed by atoms with E-state index < -0.39 is 12.6 Å². The Labute approximate surface area is 149 Å². The second kappa shape index (κ2) is 7.53. The Morgan fingerprint density at radius 1 is 0.962 bits per heavy atom. The number of fused-ring (bicyclic) bond motifs is 1. The van der Waals surface area contributed by atoms with E-state index in [0.717, 1.165) is 10.8 Å². The number of aromatic hydroxyl groups is 1. The Morgan fingerprint density at radius 3 is 2.46 bits per heavy atom. The number of carbonyl (C=O) groups excluding carboxylic acids is 1. The highest BCUT2D eigenvalue weighted by Gasteiger charge is 2.11. The third-order valence-corrected chi connectivity index (χ3v) is 3.85. The second-order valence-electron chi connectivity index (χ2n) is 5.60. The molecule has 2 N–H and O–H groups in total. The van der Waals surface area contributed by atoms with Crippen LogP contribution in [-0.4, -0.2) is 28.6 Å². The maximum Gasteiger partial charge on any atom is 0.341 e. The zero-order chi connectivity index (χ0) is 18.5. The van der Waals surface area contributed by atoms with E-state index in [0.29, 0.717) is 11.3 Å². The number of rotatable bonds is 6. The molecular formula is C21H16O5. The molecule has 0 heterocycles. The summed E-state index contributed by atoms with van der Waals surface area (Å²) in [7, 11) is 0. The molecule has 0 atom stereocenters. The minimum absolute atomic E-state index is 0.0950. The molecule has 3 aromatic rings. The number of ether oxygens (including phenoxy) is 1. The fourth-order valence-corrected chi connectivity index (χ4v) is 2.64. The summed E-state index contributed by atoms with van der Waals surface area (Å²) < 4.78 is 5.36. The van der Waals surface area contributed by atoms with Crippen LogP contribution in [0.2, 0.25) is 0 Å². The number of phenolic OH excluding ortho intramolecular Hbond substituents is 1. The normalized spacial score (nSPS) is 10.9.